The molecule has 2 heterocycles. The van der Waals surface area contributed by atoms with Crippen LogP contribution in [0.25, 0.3) is 0 Å². The van der Waals surface area contributed by atoms with Crippen molar-refractivity contribution < 1.29 is 14.3 Å². The fourth-order valence-corrected chi connectivity index (χ4v) is 3.38. The van der Waals surface area contributed by atoms with Crippen LogP contribution in [0.3, 0.4) is 0 Å². The average molecular weight is 328 g/mol. The fraction of sp³-hybridized carbons (Fsp3) is 0.474. The zero-order valence-corrected chi connectivity index (χ0v) is 14.4. The van der Waals surface area contributed by atoms with E-state index in [1.807, 2.05) is 57.2 Å². The van der Waals surface area contributed by atoms with Crippen molar-refractivity contribution in [3.05, 3.63) is 47.6 Å². The van der Waals surface area contributed by atoms with Gasteiger partial charge in [-0.25, -0.2) is 4.79 Å². The third-order valence-corrected chi connectivity index (χ3v) is 4.44. The molecular weight excluding hydrogens is 304 g/mol. The van der Waals surface area contributed by atoms with E-state index in [0.717, 1.165) is 5.57 Å². The van der Waals surface area contributed by atoms with E-state index in [4.69, 9.17) is 4.74 Å². The summed E-state index contributed by atoms with van der Waals surface area (Å²) in [5.74, 6) is 0.300. The van der Waals surface area contributed by atoms with Crippen molar-refractivity contribution in [2.45, 2.75) is 26.4 Å². The third-order valence-electron chi connectivity index (χ3n) is 4.44. The van der Waals surface area contributed by atoms with E-state index in [1.165, 1.54) is 0 Å². The van der Waals surface area contributed by atoms with E-state index in [1.54, 1.807) is 4.90 Å². The van der Waals surface area contributed by atoms with Crippen molar-refractivity contribution in [1.82, 2.24) is 10.2 Å². The Bertz CT molecular complexity index is 665. The second-order valence-electron chi connectivity index (χ2n) is 7.43. The first kappa shape index (κ1) is 16.6. The molecule has 3 rings (SSSR count). The largest absolute Gasteiger partial charge is 0.444 e. The van der Waals surface area contributed by atoms with Gasteiger partial charge in [-0.05, 0) is 32.4 Å². The molecule has 5 heteroatoms. The first-order valence-corrected chi connectivity index (χ1v) is 8.37. The van der Waals surface area contributed by atoms with E-state index in [9.17, 15) is 9.59 Å². The number of allylic oxidation sites excluding steroid dienone is 6. The number of carbonyl (C=O) groups is 2. The highest BCUT2D eigenvalue weighted by Gasteiger charge is 2.42. The quantitative estimate of drug-likeness (QED) is 0.743. The zero-order valence-electron chi connectivity index (χ0n) is 14.4. The predicted molar refractivity (Wildman–Crippen MR) is 92.2 cm³/mol. The van der Waals surface area contributed by atoms with Crippen molar-refractivity contribution in [2.75, 3.05) is 19.6 Å². The molecule has 0 aromatic carbocycles. The normalized spacial score (nSPS) is 33.3. The summed E-state index contributed by atoms with van der Waals surface area (Å²) in [7, 11) is 0. The first-order valence-electron chi connectivity index (χ1n) is 8.37. The van der Waals surface area contributed by atoms with Gasteiger partial charge in [0.15, 0.2) is 0 Å². The lowest BCUT2D eigenvalue weighted by molar-refractivity contribution is -0.117. The Hall–Kier alpha value is -2.30. The van der Waals surface area contributed by atoms with Gasteiger partial charge in [-0.3, -0.25) is 4.79 Å². The molecule has 2 unspecified atom stereocenters. The molecule has 2 aliphatic heterocycles. The maximum atomic E-state index is 12.4. The molecule has 128 valence electrons. The second-order valence-corrected chi connectivity index (χ2v) is 7.43. The molecule has 2 atom stereocenters. The monoisotopic (exact) mass is 328 g/mol. The van der Waals surface area contributed by atoms with Gasteiger partial charge >= 0.3 is 6.09 Å². The average Bonchev–Trinajstić information content (AvgIpc) is 2.82. The predicted octanol–water partition coefficient (Wildman–Crippen LogP) is 2.58. The number of nitrogens with zero attached hydrogens (tertiary/aromatic N) is 1. The van der Waals surface area contributed by atoms with Gasteiger partial charge in [-0.1, -0.05) is 30.4 Å². The van der Waals surface area contributed by atoms with E-state index in [0.29, 0.717) is 25.2 Å². The van der Waals surface area contributed by atoms with Crippen LogP contribution in [-0.2, 0) is 9.53 Å². The Labute approximate surface area is 142 Å². The van der Waals surface area contributed by atoms with Gasteiger partial charge in [0.25, 0.3) is 5.91 Å². The summed E-state index contributed by atoms with van der Waals surface area (Å²) in [6.45, 7) is 7.36. The van der Waals surface area contributed by atoms with Gasteiger partial charge in [-0.15, -0.1) is 0 Å². The van der Waals surface area contributed by atoms with Gasteiger partial charge < -0.3 is 15.0 Å². The van der Waals surface area contributed by atoms with Crippen LogP contribution in [-0.4, -0.2) is 42.1 Å². The molecule has 1 N–H and O–H groups in total. The minimum atomic E-state index is -0.506. The molecule has 0 radical (unpaired) electrons. The van der Waals surface area contributed by atoms with Crippen molar-refractivity contribution in [2.24, 2.45) is 11.8 Å². The van der Waals surface area contributed by atoms with Crippen LogP contribution >= 0.6 is 0 Å². The minimum absolute atomic E-state index is 0.0422. The Kier molecular flexibility index (Phi) is 4.35. The van der Waals surface area contributed by atoms with Gasteiger partial charge in [0.2, 0.25) is 0 Å². The summed E-state index contributed by atoms with van der Waals surface area (Å²) in [4.78, 5) is 26.5. The molecular formula is C19H24N2O3. The van der Waals surface area contributed by atoms with Crippen LogP contribution in [0, 0.1) is 11.8 Å². The van der Waals surface area contributed by atoms with Crippen molar-refractivity contribution in [3.63, 3.8) is 0 Å². The number of amides is 2. The van der Waals surface area contributed by atoms with Gasteiger partial charge in [-0.2, -0.15) is 0 Å². The third kappa shape index (κ3) is 3.45. The summed E-state index contributed by atoms with van der Waals surface area (Å²) in [5.41, 5.74) is 1.18. The SMILES string of the molecule is CC(C)(C)OC(=O)N1CC2CNC(=O)C3=C/C=C\C=C/C=C\3C2C1. The first-order chi connectivity index (χ1) is 11.3. The molecule has 1 aliphatic carbocycles. The Morgan fingerprint density at radius 2 is 1.88 bits per heavy atom. The molecule has 2 amide bonds. The maximum absolute atomic E-state index is 12.4. The highest BCUT2D eigenvalue weighted by Crippen LogP contribution is 2.36. The molecule has 0 bridgehead atoms. The highest BCUT2D eigenvalue weighted by molar-refractivity contribution is 5.99. The summed E-state index contributed by atoms with van der Waals surface area (Å²) in [6, 6.07) is 0. The van der Waals surface area contributed by atoms with Crippen LogP contribution in [0.1, 0.15) is 20.8 Å². The van der Waals surface area contributed by atoms with E-state index >= 15 is 0 Å². The smallest absolute Gasteiger partial charge is 0.410 e. The van der Waals surface area contributed by atoms with Crippen LogP contribution in [0.5, 0.6) is 0 Å². The van der Waals surface area contributed by atoms with Gasteiger partial charge in [0, 0.05) is 37.0 Å². The zero-order chi connectivity index (χ0) is 17.3. The van der Waals surface area contributed by atoms with E-state index in [-0.39, 0.29) is 23.8 Å². The van der Waals surface area contributed by atoms with E-state index in [2.05, 4.69) is 5.32 Å². The molecule has 2 fully saturated rings. The standard InChI is InChI=1S/C19H24N2O3/c1-19(2,3)24-18(23)21-11-13-10-20-17(22)15-9-7-5-4-6-8-14(15)16(13)12-21/h4-9,13,16H,10-12H2,1-3H3,(H,20,22)/b5-4?,6-4-,7-5-,8-6?,9-7?,14-8+,15-9+. The van der Waals surface area contributed by atoms with Crippen LogP contribution in [0.2, 0.25) is 0 Å². The summed E-state index contributed by atoms with van der Waals surface area (Å²) < 4.78 is 5.50. The molecule has 24 heavy (non-hydrogen) atoms. The van der Waals surface area contributed by atoms with Crippen molar-refractivity contribution in [1.29, 1.82) is 0 Å². The summed E-state index contributed by atoms with van der Waals surface area (Å²) in [6.07, 6.45) is 11.2. The summed E-state index contributed by atoms with van der Waals surface area (Å²) >= 11 is 0. The van der Waals surface area contributed by atoms with E-state index < -0.39 is 5.60 Å². The fourth-order valence-electron chi connectivity index (χ4n) is 3.38. The Balaban J connectivity index is 1.85. The van der Waals surface area contributed by atoms with Gasteiger partial charge in [0.05, 0.1) is 0 Å². The number of rotatable bonds is 0. The lowest BCUT2D eigenvalue weighted by atomic mass is 9.85. The number of carbonyl (C=O) groups excluding carboxylic acids is 2. The number of nitrogens with one attached hydrogen (secondary N) is 1. The van der Waals surface area contributed by atoms with Crippen LogP contribution < -0.4 is 5.32 Å². The van der Waals surface area contributed by atoms with Crippen LogP contribution in [0.15, 0.2) is 47.6 Å². The lowest BCUT2D eigenvalue weighted by Crippen LogP contribution is -2.37. The minimum Gasteiger partial charge on any atom is -0.444 e. The number of ether oxygens (including phenoxy) is 1. The molecule has 3 aliphatic rings. The molecule has 0 aromatic rings. The molecule has 0 saturated carbocycles. The van der Waals surface area contributed by atoms with Crippen molar-refractivity contribution in [3.8, 4) is 0 Å². The van der Waals surface area contributed by atoms with Crippen LogP contribution in [0.4, 0.5) is 4.79 Å². The second kappa shape index (κ2) is 6.30. The van der Waals surface area contributed by atoms with Crippen molar-refractivity contribution >= 4 is 12.0 Å². The molecule has 2 saturated heterocycles. The topological polar surface area (TPSA) is 58.6 Å². The number of hydrogen-bond donors (Lipinski definition) is 1. The molecule has 0 spiro atoms. The molecule has 0 aromatic heterocycles. The lowest BCUT2D eigenvalue weighted by Gasteiger charge is -2.25. The Morgan fingerprint density at radius 1 is 1.17 bits per heavy atom. The van der Waals surface area contributed by atoms with Gasteiger partial charge in [0.1, 0.15) is 5.60 Å². The highest BCUT2D eigenvalue weighted by atomic mass is 16.6. The Morgan fingerprint density at radius 3 is 2.58 bits per heavy atom. The number of hydrogen-bond acceptors (Lipinski definition) is 3. The number of fused-ring (bicyclic) bond motifs is 3. The summed E-state index contributed by atoms with van der Waals surface area (Å²) in [5, 5.41) is 2.99. The molecule has 5 nitrogen and oxygen atoms in total. The number of likely N-dealkylation sites (tertiary alicyclic amines) is 1. The maximum Gasteiger partial charge on any atom is 0.410 e.